The van der Waals surface area contributed by atoms with E-state index in [9.17, 15) is 13.2 Å². The van der Waals surface area contributed by atoms with Crippen molar-refractivity contribution in [3.63, 3.8) is 0 Å². The minimum absolute atomic E-state index is 0.139. The molecule has 0 aliphatic carbocycles. The standard InChI is InChI=1S/C15H16N2O3S/c1-16(15(18)13-9-5-3-6-10-13)17(2)21(19,20)14-11-7-4-8-12-14/h3-12H,1-2H3. The van der Waals surface area contributed by atoms with E-state index in [-0.39, 0.29) is 4.90 Å². The van der Waals surface area contributed by atoms with Gasteiger partial charge in [-0.3, -0.25) is 9.80 Å². The number of hydrogen-bond acceptors (Lipinski definition) is 3. The minimum atomic E-state index is -3.75. The number of carbonyl (C=O) groups excluding carboxylic acids is 1. The van der Waals surface area contributed by atoms with Crippen LogP contribution in [-0.2, 0) is 10.0 Å². The second-order valence-electron chi connectivity index (χ2n) is 4.45. The second-order valence-corrected chi connectivity index (χ2v) is 6.40. The molecule has 0 spiro atoms. The van der Waals surface area contributed by atoms with Crippen molar-refractivity contribution in [3.05, 3.63) is 66.2 Å². The summed E-state index contributed by atoms with van der Waals surface area (Å²) in [6.07, 6.45) is 0. The van der Waals surface area contributed by atoms with E-state index < -0.39 is 15.9 Å². The van der Waals surface area contributed by atoms with Gasteiger partial charge in [0.2, 0.25) is 0 Å². The van der Waals surface area contributed by atoms with Crippen LogP contribution < -0.4 is 0 Å². The summed E-state index contributed by atoms with van der Waals surface area (Å²) in [5.41, 5.74) is 0.426. The van der Waals surface area contributed by atoms with Crippen LogP contribution in [0.5, 0.6) is 0 Å². The molecule has 0 unspecified atom stereocenters. The van der Waals surface area contributed by atoms with Crippen LogP contribution in [0.4, 0.5) is 0 Å². The molecule has 0 saturated carbocycles. The number of amides is 1. The van der Waals surface area contributed by atoms with E-state index in [1.165, 1.54) is 26.2 Å². The summed E-state index contributed by atoms with van der Waals surface area (Å²) in [7, 11) is -0.976. The highest BCUT2D eigenvalue weighted by Gasteiger charge is 2.27. The minimum Gasteiger partial charge on any atom is -0.268 e. The zero-order valence-corrected chi connectivity index (χ0v) is 12.6. The molecule has 0 bridgehead atoms. The zero-order valence-electron chi connectivity index (χ0n) is 11.8. The van der Waals surface area contributed by atoms with E-state index in [2.05, 4.69) is 0 Å². The maximum absolute atomic E-state index is 12.4. The first-order chi connectivity index (χ1) is 9.94. The summed E-state index contributed by atoms with van der Waals surface area (Å²) in [5.74, 6) is -0.391. The Bertz CT molecular complexity index is 715. The lowest BCUT2D eigenvalue weighted by atomic mass is 10.2. The van der Waals surface area contributed by atoms with Crippen LogP contribution in [0.15, 0.2) is 65.6 Å². The van der Waals surface area contributed by atoms with E-state index in [1.54, 1.807) is 48.5 Å². The third kappa shape index (κ3) is 3.12. The van der Waals surface area contributed by atoms with Gasteiger partial charge in [-0.15, -0.1) is 4.41 Å². The maximum atomic E-state index is 12.4. The van der Waals surface area contributed by atoms with E-state index in [0.29, 0.717) is 5.56 Å². The smallest absolute Gasteiger partial charge is 0.268 e. The lowest BCUT2D eigenvalue weighted by Gasteiger charge is -2.27. The van der Waals surface area contributed by atoms with Crippen molar-refractivity contribution in [2.75, 3.05) is 14.1 Å². The number of hydrazine groups is 1. The largest absolute Gasteiger partial charge is 0.268 e. The average Bonchev–Trinajstić information content (AvgIpc) is 2.54. The monoisotopic (exact) mass is 304 g/mol. The van der Waals surface area contributed by atoms with Crippen molar-refractivity contribution in [2.24, 2.45) is 0 Å². The molecular weight excluding hydrogens is 288 g/mol. The summed E-state index contributed by atoms with van der Waals surface area (Å²) < 4.78 is 25.8. The van der Waals surface area contributed by atoms with Gasteiger partial charge in [-0.05, 0) is 24.3 Å². The SMILES string of the molecule is CN(C(=O)c1ccccc1)N(C)S(=O)(=O)c1ccccc1. The normalized spacial score (nSPS) is 11.4. The Labute approximate surface area is 124 Å². The third-order valence-corrected chi connectivity index (χ3v) is 4.93. The van der Waals surface area contributed by atoms with Gasteiger partial charge < -0.3 is 0 Å². The Morgan fingerprint density at radius 1 is 0.857 bits per heavy atom. The predicted octanol–water partition coefficient (Wildman–Crippen LogP) is 1.99. The number of hydrogen-bond donors (Lipinski definition) is 0. The van der Waals surface area contributed by atoms with Crippen LogP contribution in [0.3, 0.4) is 0 Å². The van der Waals surface area contributed by atoms with E-state index in [1.807, 2.05) is 0 Å². The third-order valence-electron chi connectivity index (χ3n) is 3.13. The maximum Gasteiger partial charge on any atom is 0.268 e. The molecule has 21 heavy (non-hydrogen) atoms. The quantitative estimate of drug-likeness (QED) is 0.812. The Morgan fingerprint density at radius 2 is 1.33 bits per heavy atom. The molecule has 0 aliphatic heterocycles. The molecule has 6 heteroatoms. The van der Waals surface area contributed by atoms with Crippen LogP contribution in [-0.4, -0.2) is 37.8 Å². The fraction of sp³-hybridized carbons (Fsp3) is 0.133. The molecule has 0 heterocycles. The predicted molar refractivity (Wildman–Crippen MR) is 79.9 cm³/mol. The van der Waals surface area contributed by atoms with Gasteiger partial charge in [-0.25, -0.2) is 8.42 Å². The van der Waals surface area contributed by atoms with Crippen LogP contribution >= 0.6 is 0 Å². The number of nitrogens with zero attached hydrogens (tertiary/aromatic N) is 2. The lowest BCUT2D eigenvalue weighted by molar-refractivity contribution is 0.0534. The summed E-state index contributed by atoms with van der Waals surface area (Å²) in [6.45, 7) is 0. The van der Waals surface area contributed by atoms with Crippen molar-refractivity contribution >= 4 is 15.9 Å². The van der Waals surface area contributed by atoms with Gasteiger partial charge in [0, 0.05) is 19.7 Å². The number of sulfonamides is 1. The van der Waals surface area contributed by atoms with Gasteiger partial charge in [-0.2, -0.15) is 0 Å². The Kier molecular flexibility index (Phi) is 4.40. The molecule has 0 fully saturated rings. The zero-order chi connectivity index (χ0) is 15.5. The lowest BCUT2D eigenvalue weighted by Crippen LogP contribution is -2.44. The average molecular weight is 304 g/mol. The van der Waals surface area contributed by atoms with Gasteiger partial charge in [0.1, 0.15) is 0 Å². The molecule has 0 aliphatic rings. The molecule has 5 nitrogen and oxygen atoms in total. The van der Waals surface area contributed by atoms with Crippen molar-refractivity contribution < 1.29 is 13.2 Å². The Balaban J connectivity index is 2.27. The summed E-state index contributed by atoms with van der Waals surface area (Å²) >= 11 is 0. The van der Waals surface area contributed by atoms with Crippen LogP contribution in [0.2, 0.25) is 0 Å². The first-order valence-electron chi connectivity index (χ1n) is 6.31. The van der Waals surface area contributed by atoms with E-state index in [0.717, 1.165) is 9.42 Å². The first-order valence-corrected chi connectivity index (χ1v) is 7.75. The number of benzene rings is 2. The van der Waals surface area contributed by atoms with Crippen molar-refractivity contribution in [1.29, 1.82) is 0 Å². The molecule has 0 aromatic heterocycles. The fourth-order valence-electron chi connectivity index (χ4n) is 1.80. The molecule has 2 aromatic carbocycles. The molecule has 2 aromatic rings. The highest BCUT2D eigenvalue weighted by atomic mass is 32.2. The second kappa shape index (κ2) is 6.07. The molecule has 2 rings (SSSR count). The Morgan fingerprint density at radius 3 is 1.86 bits per heavy atom. The molecule has 110 valence electrons. The van der Waals surface area contributed by atoms with Crippen LogP contribution in [0.1, 0.15) is 10.4 Å². The number of rotatable bonds is 4. The summed E-state index contributed by atoms with van der Waals surface area (Å²) in [6, 6.07) is 16.5. The van der Waals surface area contributed by atoms with Crippen LogP contribution in [0.25, 0.3) is 0 Å². The first kappa shape index (κ1) is 15.2. The van der Waals surface area contributed by atoms with Gasteiger partial charge in [0.25, 0.3) is 15.9 Å². The Hall–Kier alpha value is -2.18. The van der Waals surface area contributed by atoms with Gasteiger partial charge in [-0.1, -0.05) is 36.4 Å². The molecule has 1 amide bonds. The van der Waals surface area contributed by atoms with Gasteiger partial charge in [0.05, 0.1) is 4.90 Å². The van der Waals surface area contributed by atoms with Crippen molar-refractivity contribution in [1.82, 2.24) is 9.42 Å². The molecule has 0 saturated heterocycles. The molecule has 0 N–H and O–H groups in total. The van der Waals surface area contributed by atoms with Gasteiger partial charge >= 0.3 is 0 Å². The van der Waals surface area contributed by atoms with E-state index in [4.69, 9.17) is 0 Å². The highest BCUT2D eigenvalue weighted by molar-refractivity contribution is 7.89. The van der Waals surface area contributed by atoms with E-state index >= 15 is 0 Å². The molecular formula is C15H16N2O3S. The highest BCUT2D eigenvalue weighted by Crippen LogP contribution is 2.16. The molecule has 0 radical (unpaired) electrons. The van der Waals surface area contributed by atoms with Crippen molar-refractivity contribution in [3.8, 4) is 0 Å². The number of carbonyl (C=O) groups is 1. The van der Waals surface area contributed by atoms with Crippen molar-refractivity contribution in [2.45, 2.75) is 4.90 Å². The van der Waals surface area contributed by atoms with Gasteiger partial charge in [0.15, 0.2) is 0 Å². The summed E-state index contributed by atoms with van der Waals surface area (Å²) in [5, 5.41) is 1.08. The topological polar surface area (TPSA) is 57.7 Å². The summed E-state index contributed by atoms with van der Waals surface area (Å²) in [4.78, 5) is 12.4. The molecule has 0 atom stereocenters. The van der Waals surface area contributed by atoms with Crippen LogP contribution in [0, 0.1) is 0 Å². The fourth-order valence-corrected chi connectivity index (χ4v) is 3.00.